The van der Waals surface area contributed by atoms with Gasteiger partial charge in [-0.25, -0.2) is 0 Å². The molecule has 0 spiro atoms. The molecule has 0 bridgehead atoms. The Hall–Kier alpha value is -0.570. The van der Waals surface area contributed by atoms with Crippen molar-refractivity contribution in [2.45, 2.75) is 25.2 Å². The molecule has 1 aliphatic carbocycles. The molecule has 2 rings (SSSR count). The number of hydrogen-bond donors (Lipinski definition) is 2. The first-order chi connectivity index (χ1) is 7.72. The lowest BCUT2D eigenvalue weighted by molar-refractivity contribution is 0.0192. The largest absolute Gasteiger partial charge is 0.396 e. The average molecular weight is 240 g/mol. The van der Waals surface area contributed by atoms with Crippen molar-refractivity contribution in [1.29, 1.82) is 0 Å². The quantitative estimate of drug-likeness (QED) is 0.848. The molecule has 1 aromatic rings. The Balaban J connectivity index is 2.25. The van der Waals surface area contributed by atoms with Crippen LogP contribution in [0.3, 0.4) is 0 Å². The highest BCUT2D eigenvalue weighted by atomic mass is 35.5. The Morgan fingerprint density at radius 1 is 1.31 bits per heavy atom. The van der Waals surface area contributed by atoms with Crippen LogP contribution in [0.1, 0.15) is 30.7 Å². The molecule has 0 aliphatic heterocycles. The summed E-state index contributed by atoms with van der Waals surface area (Å²) in [4.78, 5) is 0. The smallest absolute Gasteiger partial charge is 0.0493 e. The Kier molecular flexibility index (Phi) is 3.53. The van der Waals surface area contributed by atoms with Gasteiger partial charge >= 0.3 is 0 Å². The summed E-state index contributed by atoms with van der Waals surface area (Å²) in [6, 6.07) is 7.83. The molecule has 16 heavy (non-hydrogen) atoms. The van der Waals surface area contributed by atoms with Crippen LogP contribution in [0, 0.1) is 5.41 Å². The third-order valence-corrected chi connectivity index (χ3v) is 4.16. The Labute approximate surface area is 101 Å². The van der Waals surface area contributed by atoms with Gasteiger partial charge in [-0.05, 0) is 37.1 Å². The molecule has 1 saturated carbocycles. The van der Waals surface area contributed by atoms with Crippen molar-refractivity contribution in [3.8, 4) is 0 Å². The van der Waals surface area contributed by atoms with Gasteiger partial charge in [0.05, 0.1) is 0 Å². The van der Waals surface area contributed by atoms with Gasteiger partial charge in [0.15, 0.2) is 0 Å². The van der Waals surface area contributed by atoms with Crippen molar-refractivity contribution < 1.29 is 5.11 Å². The van der Waals surface area contributed by atoms with Gasteiger partial charge < -0.3 is 10.8 Å². The van der Waals surface area contributed by atoms with E-state index in [1.165, 1.54) is 12.0 Å². The van der Waals surface area contributed by atoms with E-state index < -0.39 is 0 Å². The minimum Gasteiger partial charge on any atom is -0.396 e. The number of halogens is 1. The summed E-state index contributed by atoms with van der Waals surface area (Å²) in [5.41, 5.74) is 7.08. The van der Waals surface area contributed by atoms with E-state index in [1.54, 1.807) is 0 Å². The van der Waals surface area contributed by atoms with Crippen molar-refractivity contribution in [2.24, 2.45) is 11.1 Å². The standard InChI is InChI=1S/C13H18ClNO/c14-11-4-2-10(3-5-11)12(8-15)13(9-16)6-1-7-13/h2-5,12,16H,1,6-9,15H2/t12-/m1/s1. The molecule has 1 aliphatic rings. The van der Waals surface area contributed by atoms with E-state index in [0.29, 0.717) is 6.54 Å². The fourth-order valence-electron chi connectivity index (χ4n) is 2.68. The van der Waals surface area contributed by atoms with Crippen LogP contribution < -0.4 is 5.73 Å². The highest BCUT2D eigenvalue weighted by Crippen LogP contribution is 2.50. The molecule has 1 aromatic carbocycles. The topological polar surface area (TPSA) is 46.2 Å². The van der Waals surface area contributed by atoms with E-state index in [4.69, 9.17) is 17.3 Å². The monoisotopic (exact) mass is 239 g/mol. The molecule has 1 atom stereocenters. The molecule has 0 aromatic heterocycles. The van der Waals surface area contributed by atoms with E-state index in [0.717, 1.165) is 17.9 Å². The molecule has 88 valence electrons. The predicted octanol–water partition coefficient (Wildman–Crippen LogP) is 2.54. The number of aliphatic hydroxyl groups is 1. The van der Waals surface area contributed by atoms with Crippen LogP contribution in [-0.4, -0.2) is 18.3 Å². The lowest BCUT2D eigenvalue weighted by Gasteiger charge is -2.46. The molecule has 0 unspecified atom stereocenters. The van der Waals surface area contributed by atoms with Gasteiger partial charge in [0, 0.05) is 23.0 Å². The van der Waals surface area contributed by atoms with Crippen LogP contribution in [0.15, 0.2) is 24.3 Å². The van der Waals surface area contributed by atoms with Crippen LogP contribution in [0.5, 0.6) is 0 Å². The molecule has 0 heterocycles. The van der Waals surface area contributed by atoms with Gasteiger partial charge in [0.1, 0.15) is 0 Å². The van der Waals surface area contributed by atoms with E-state index in [1.807, 2.05) is 24.3 Å². The van der Waals surface area contributed by atoms with Gasteiger partial charge in [-0.15, -0.1) is 0 Å². The maximum absolute atomic E-state index is 9.57. The Morgan fingerprint density at radius 2 is 1.94 bits per heavy atom. The summed E-state index contributed by atoms with van der Waals surface area (Å²) in [5, 5.41) is 10.3. The number of rotatable bonds is 4. The fourth-order valence-corrected chi connectivity index (χ4v) is 2.81. The lowest BCUT2D eigenvalue weighted by Crippen LogP contribution is -2.42. The second-order valence-corrected chi connectivity index (χ2v) is 5.15. The van der Waals surface area contributed by atoms with Crippen molar-refractivity contribution in [3.63, 3.8) is 0 Å². The number of nitrogens with two attached hydrogens (primary N) is 1. The van der Waals surface area contributed by atoms with Crippen LogP contribution in [0.2, 0.25) is 5.02 Å². The Bertz CT molecular complexity index is 340. The second kappa shape index (κ2) is 4.74. The summed E-state index contributed by atoms with van der Waals surface area (Å²) >= 11 is 5.87. The van der Waals surface area contributed by atoms with Gasteiger partial charge in [-0.1, -0.05) is 30.2 Å². The van der Waals surface area contributed by atoms with Crippen molar-refractivity contribution >= 4 is 11.6 Å². The minimum absolute atomic E-state index is 0.0164. The van der Waals surface area contributed by atoms with E-state index in [-0.39, 0.29) is 17.9 Å². The fraction of sp³-hybridized carbons (Fsp3) is 0.538. The zero-order valence-electron chi connectivity index (χ0n) is 9.32. The van der Waals surface area contributed by atoms with Crippen molar-refractivity contribution in [3.05, 3.63) is 34.9 Å². The maximum Gasteiger partial charge on any atom is 0.0493 e. The molecule has 0 saturated heterocycles. The van der Waals surface area contributed by atoms with E-state index in [2.05, 4.69) is 0 Å². The number of aliphatic hydroxyl groups excluding tert-OH is 1. The summed E-state index contributed by atoms with van der Waals surface area (Å²) in [7, 11) is 0. The third kappa shape index (κ3) is 1.97. The molecular weight excluding hydrogens is 222 g/mol. The molecule has 0 amide bonds. The minimum atomic E-state index is 0.0164. The first-order valence-corrected chi connectivity index (χ1v) is 6.16. The third-order valence-electron chi connectivity index (χ3n) is 3.91. The highest BCUT2D eigenvalue weighted by Gasteiger charge is 2.43. The lowest BCUT2D eigenvalue weighted by atomic mass is 9.60. The van der Waals surface area contributed by atoms with Crippen LogP contribution in [-0.2, 0) is 0 Å². The molecule has 0 radical (unpaired) electrons. The van der Waals surface area contributed by atoms with Crippen LogP contribution in [0.4, 0.5) is 0 Å². The first kappa shape index (κ1) is 11.9. The summed E-state index contributed by atoms with van der Waals surface area (Å²) in [6.45, 7) is 0.819. The highest BCUT2D eigenvalue weighted by molar-refractivity contribution is 6.30. The SMILES string of the molecule is NC[C@H](c1ccc(Cl)cc1)C1(CO)CCC1. The second-order valence-electron chi connectivity index (χ2n) is 4.71. The van der Waals surface area contributed by atoms with E-state index >= 15 is 0 Å². The molecule has 3 heteroatoms. The van der Waals surface area contributed by atoms with Crippen LogP contribution in [0.25, 0.3) is 0 Å². The average Bonchev–Trinajstić information content (AvgIpc) is 2.25. The van der Waals surface area contributed by atoms with Gasteiger partial charge in [0.25, 0.3) is 0 Å². The molecule has 3 N–H and O–H groups in total. The Morgan fingerprint density at radius 3 is 2.31 bits per heavy atom. The first-order valence-electron chi connectivity index (χ1n) is 5.78. The van der Waals surface area contributed by atoms with E-state index in [9.17, 15) is 5.11 Å². The van der Waals surface area contributed by atoms with Crippen molar-refractivity contribution in [1.82, 2.24) is 0 Å². The van der Waals surface area contributed by atoms with Gasteiger partial charge in [-0.2, -0.15) is 0 Å². The molecule has 2 nitrogen and oxygen atoms in total. The van der Waals surface area contributed by atoms with Crippen LogP contribution >= 0.6 is 11.6 Å². The van der Waals surface area contributed by atoms with Gasteiger partial charge in [0.2, 0.25) is 0 Å². The predicted molar refractivity (Wildman–Crippen MR) is 66.6 cm³/mol. The molecule has 1 fully saturated rings. The summed E-state index contributed by atoms with van der Waals surface area (Å²) in [6.07, 6.45) is 3.35. The van der Waals surface area contributed by atoms with Gasteiger partial charge in [-0.3, -0.25) is 0 Å². The zero-order chi connectivity index (χ0) is 11.6. The number of benzene rings is 1. The summed E-state index contributed by atoms with van der Waals surface area (Å²) < 4.78 is 0. The van der Waals surface area contributed by atoms with Crippen molar-refractivity contribution in [2.75, 3.05) is 13.2 Å². The number of hydrogen-bond acceptors (Lipinski definition) is 2. The maximum atomic E-state index is 9.57. The zero-order valence-corrected chi connectivity index (χ0v) is 10.1. The summed E-state index contributed by atoms with van der Waals surface area (Å²) in [5.74, 6) is 0.253. The molecular formula is C13H18ClNO. The normalized spacial score (nSPS) is 20.2.